The molecule has 2 atom stereocenters. The molecular weight excluding hydrogens is 533 g/mol. The topological polar surface area (TPSA) is 70.6 Å². The lowest BCUT2D eigenvalue weighted by atomic mass is 9.80. The van der Waals surface area contributed by atoms with Gasteiger partial charge in [-0.1, -0.05) is 40.9 Å². The number of hydrogen-bond acceptors (Lipinski definition) is 6. The molecule has 1 unspecified atom stereocenters. The summed E-state index contributed by atoms with van der Waals surface area (Å²) in [6, 6.07) is 5.33. The van der Waals surface area contributed by atoms with E-state index in [9.17, 15) is 4.79 Å². The Kier molecular flexibility index (Phi) is 8.97. The molecule has 0 bridgehead atoms. The van der Waals surface area contributed by atoms with Crippen LogP contribution in [-0.2, 0) is 4.74 Å². The summed E-state index contributed by atoms with van der Waals surface area (Å²) < 4.78 is 5.61. The van der Waals surface area contributed by atoms with E-state index in [0.29, 0.717) is 38.7 Å². The quantitative estimate of drug-likeness (QED) is 0.403. The van der Waals surface area contributed by atoms with Crippen molar-refractivity contribution < 1.29 is 9.53 Å². The Morgan fingerprint density at radius 3 is 2.49 bits per heavy atom. The molecule has 37 heavy (non-hydrogen) atoms. The first-order valence-electron chi connectivity index (χ1n) is 13.0. The van der Waals surface area contributed by atoms with Crippen LogP contribution in [0.1, 0.15) is 65.0 Å². The molecule has 2 fully saturated rings. The van der Waals surface area contributed by atoms with Crippen molar-refractivity contribution >= 4 is 52.7 Å². The molecule has 202 valence electrons. The number of likely N-dealkylation sites (tertiary alicyclic amines) is 1. The van der Waals surface area contributed by atoms with Gasteiger partial charge in [0.15, 0.2) is 5.82 Å². The molecule has 2 aliphatic heterocycles. The third-order valence-electron chi connectivity index (χ3n) is 7.11. The highest BCUT2D eigenvalue weighted by atomic mass is 35.5. The summed E-state index contributed by atoms with van der Waals surface area (Å²) in [5, 5.41) is 5.02. The van der Waals surface area contributed by atoms with Gasteiger partial charge in [0, 0.05) is 36.2 Å². The number of benzene rings is 1. The number of amides is 1. The molecule has 0 radical (unpaired) electrons. The van der Waals surface area contributed by atoms with Crippen LogP contribution >= 0.6 is 34.8 Å². The smallest absolute Gasteiger partial charge is 0.410 e. The van der Waals surface area contributed by atoms with Gasteiger partial charge < -0.3 is 19.9 Å². The molecule has 2 aliphatic rings. The fraction of sp³-hybridized carbons (Fsp3) is 0.593. The number of piperidine rings is 2. The predicted octanol–water partition coefficient (Wildman–Crippen LogP) is 7.47. The molecule has 2 aromatic rings. The van der Waals surface area contributed by atoms with Crippen molar-refractivity contribution in [2.75, 3.05) is 36.4 Å². The highest BCUT2D eigenvalue weighted by Crippen LogP contribution is 2.34. The molecule has 0 saturated carbocycles. The van der Waals surface area contributed by atoms with Gasteiger partial charge in [0.25, 0.3) is 0 Å². The Bertz CT molecular complexity index is 1100. The fourth-order valence-corrected chi connectivity index (χ4v) is 5.92. The van der Waals surface area contributed by atoms with Crippen LogP contribution in [0.3, 0.4) is 0 Å². The Balaban J connectivity index is 1.35. The summed E-state index contributed by atoms with van der Waals surface area (Å²) >= 11 is 18.9. The first-order valence-corrected chi connectivity index (χ1v) is 14.1. The van der Waals surface area contributed by atoms with Crippen molar-refractivity contribution in [1.29, 1.82) is 0 Å². The number of rotatable bonds is 5. The second kappa shape index (κ2) is 11.8. The number of anilines is 2. The SMILES string of the molecule is C[C@@H](Nc1nc(N2CCC(C3CCCN(C(=O)OC(C)(C)C)C3)CC2)ncc1Cl)c1ccc(Cl)cc1Cl. The van der Waals surface area contributed by atoms with E-state index in [-0.39, 0.29) is 12.1 Å². The first-order chi connectivity index (χ1) is 17.5. The molecule has 1 amide bonds. The Morgan fingerprint density at radius 2 is 1.81 bits per heavy atom. The van der Waals surface area contributed by atoms with E-state index >= 15 is 0 Å². The maximum absolute atomic E-state index is 12.6. The van der Waals surface area contributed by atoms with Crippen LogP contribution in [0.15, 0.2) is 24.4 Å². The van der Waals surface area contributed by atoms with Crippen molar-refractivity contribution in [2.45, 2.75) is 65.0 Å². The summed E-state index contributed by atoms with van der Waals surface area (Å²) in [6.45, 7) is 11.0. The maximum Gasteiger partial charge on any atom is 0.410 e. The molecule has 7 nitrogen and oxygen atoms in total. The van der Waals surface area contributed by atoms with Gasteiger partial charge in [-0.05, 0) is 82.9 Å². The van der Waals surface area contributed by atoms with Gasteiger partial charge in [-0.25, -0.2) is 9.78 Å². The van der Waals surface area contributed by atoms with Crippen LogP contribution in [0.4, 0.5) is 16.6 Å². The third-order valence-corrected chi connectivity index (χ3v) is 7.95. The van der Waals surface area contributed by atoms with Gasteiger partial charge in [0.1, 0.15) is 10.6 Å². The molecular formula is C27H36Cl3N5O2. The minimum atomic E-state index is -0.472. The molecule has 0 aliphatic carbocycles. The molecule has 1 aromatic heterocycles. The minimum absolute atomic E-state index is 0.116. The number of halogens is 3. The van der Waals surface area contributed by atoms with E-state index in [2.05, 4.69) is 15.2 Å². The zero-order chi connectivity index (χ0) is 26.7. The fourth-order valence-electron chi connectivity index (χ4n) is 5.20. The average molecular weight is 569 g/mol. The van der Waals surface area contributed by atoms with Crippen LogP contribution in [-0.4, -0.2) is 52.7 Å². The van der Waals surface area contributed by atoms with Crippen molar-refractivity contribution in [1.82, 2.24) is 14.9 Å². The van der Waals surface area contributed by atoms with Gasteiger partial charge in [-0.3, -0.25) is 0 Å². The second-order valence-corrected chi connectivity index (χ2v) is 12.3. The summed E-state index contributed by atoms with van der Waals surface area (Å²) in [5.74, 6) is 2.31. The molecule has 1 aromatic carbocycles. The van der Waals surface area contributed by atoms with Crippen LogP contribution in [0.2, 0.25) is 15.1 Å². The number of hydrogen-bond donors (Lipinski definition) is 1. The Hall–Kier alpha value is -1.96. The second-order valence-electron chi connectivity index (χ2n) is 11.1. The van der Waals surface area contributed by atoms with E-state index in [1.165, 1.54) is 0 Å². The van der Waals surface area contributed by atoms with Gasteiger partial charge >= 0.3 is 6.09 Å². The lowest BCUT2D eigenvalue weighted by Crippen LogP contribution is -2.46. The van der Waals surface area contributed by atoms with Crippen molar-refractivity contribution in [2.24, 2.45) is 11.8 Å². The standard InChI is InChI=1S/C27H36Cl3N5O2/c1-17(21-8-7-20(28)14-22(21)29)32-24-23(30)15-31-25(33-24)34-12-9-18(10-13-34)19-6-5-11-35(16-19)26(36)37-27(2,3)4/h7-8,14-15,17-19H,5-6,9-13,16H2,1-4H3,(H,31,32,33)/t17-,19?/m1/s1. The number of carbonyl (C=O) groups is 1. The highest BCUT2D eigenvalue weighted by Gasteiger charge is 2.34. The lowest BCUT2D eigenvalue weighted by molar-refractivity contribution is 0.0119. The maximum atomic E-state index is 12.6. The van der Waals surface area contributed by atoms with Gasteiger partial charge in [-0.2, -0.15) is 4.98 Å². The number of ether oxygens (including phenoxy) is 1. The van der Waals surface area contributed by atoms with Crippen LogP contribution < -0.4 is 10.2 Å². The summed E-state index contributed by atoms with van der Waals surface area (Å²) in [4.78, 5) is 25.9. The van der Waals surface area contributed by atoms with Crippen molar-refractivity contribution in [3.05, 3.63) is 45.0 Å². The van der Waals surface area contributed by atoms with Gasteiger partial charge in [0.05, 0.1) is 12.2 Å². The number of carbonyl (C=O) groups excluding carboxylic acids is 1. The lowest BCUT2D eigenvalue weighted by Gasteiger charge is -2.41. The first kappa shape index (κ1) is 28.1. The zero-order valence-electron chi connectivity index (χ0n) is 21.9. The van der Waals surface area contributed by atoms with Crippen LogP contribution in [0, 0.1) is 11.8 Å². The van der Waals surface area contributed by atoms with E-state index in [1.54, 1.807) is 12.3 Å². The third kappa shape index (κ3) is 7.33. The predicted molar refractivity (Wildman–Crippen MR) is 151 cm³/mol. The number of aromatic nitrogens is 2. The highest BCUT2D eigenvalue weighted by molar-refractivity contribution is 6.35. The Morgan fingerprint density at radius 1 is 1.08 bits per heavy atom. The largest absolute Gasteiger partial charge is 0.444 e. The number of nitrogens with one attached hydrogen (secondary N) is 1. The van der Waals surface area contributed by atoms with E-state index in [1.807, 2.05) is 44.7 Å². The van der Waals surface area contributed by atoms with E-state index < -0.39 is 5.60 Å². The van der Waals surface area contributed by atoms with E-state index in [4.69, 9.17) is 44.5 Å². The molecule has 2 saturated heterocycles. The van der Waals surface area contributed by atoms with Crippen molar-refractivity contribution in [3.8, 4) is 0 Å². The zero-order valence-corrected chi connectivity index (χ0v) is 24.2. The monoisotopic (exact) mass is 567 g/mol. The van der Waals surface area contributed by atoms with E-state index in [0.717, 1.165) is 57.4 Å². The summed E-state index contributed by atoms with van der Waals surface area (Å²) in [5.41, 5.74) is 0.441. The molecule has 0 spiro atoms. The molecule has 3 heterocycles. The molecule has 1 N–H and O–H groups in total. The molecule has 10 heteroatoms. The van der Waals surface area contributed by atoms with Crippen LogP contribution in [0.25, 0.3) is 0 Å². The van der Waals surface area contributed by atoms with Gasteiger partial charge in [0.2, 0.25) is 5.95 Å². The summed E-state index contributed by atoms with van der Waals surface area (Å²) in [6.07, 6.45) is 5.71. The molecule has 4 rings (SSSR count). The van der Waals surface area contributed by atoms with Gasteiger partial charge in [-0.15, -0.1) is 0 Å². The minimum Gasteiger partial charge on any atom is -0.444 e. The van der Waals surface area contributed by atoms with Crippen molar-refractivity contribution in [3.63, 3.8) is 0 Å². The Labute approximate surface area is 234 Å². The number of nitrogens with zero attached hydrogens (tertiary/aromatic N) is 4. The summed E-state index contributed by atoms with van der Waals surface area (Å²) in [7, 11) is 0. The normalized spacial score (nSPS) is 20.0. The average Bonchev–Trinajstić information content (AvgIpc) is 2.84. The van der Waals surface area contributed by atoms with Crippen LogP contribution in [0.5, 0.6) is 0 Å².